The Morgan fingerprint density at radius 2 is 1.35 bits per heavy atom. The van der Waals surface area contributed by atoms with Gasteiger partial charge in [0.05, 0.1) is 13.1 Å². The van der Waals surface area contributed by atoms with Crippen molar-refractivity contribution in [2.45, 2.75) is 59.1 Å². The summed E-state index contributed by atoms with van der Waals surface area (Å²) in [6, 6.07) is 16.7. The molecule has 2 aromatic heterocycles. The summed E-state index contributed by atoms with van der Waals surface area (Å²) in [6.07, 6.45) is 1.48. The van der Waals surface area contributed by atoms with Crippen LogP contribution < -0.4 is 14.8 Å². The van der Waals surface area contributed by atoms with Crippen LogP contribution in [0, 0.1) is 13.8 Å². The van der Waals surface area contributed by atoms with Crippen molar-refractivity contribution < 1.29 is 50.2 Å². The van der Waals surface area contributed by atoms with Crippen LogP contribution in [0.4, 0.5) is 17.6 Å². The minimum absolute atomic E-state index is 0.0454. The molecule has 1 atom stereocenters. The molecule has 0 aliphatic carbocycles. The molecule has 15 heteroatoms. The topological polar surface area (TPSA) is 129 Å². The molecule has 0 bridgehead atoms. The quantitative estimate of drug-likeness (QED) is 0.0964. The monoisotopic (exact) mass is 758 g/mol. The van der Waals surface area contributed by atoms with Gasteiger partial charge in [0.1, 0.15) is 35.2 Å². The molecule has 8 rings (SSSR count). The summed E-state index contributed by atoms with van der Waals surface area (Å²) >= 11 is 0. The largest absolute Gasteiger partial charge is 0.460 e. The second-order valence-electron chi connectivity index (χ2n) is 13.5. The fourth-order valence-electron chi connectivity index (χ4n) is 7.13. The molecule has 0 amide bonds. The number of carbonyl (C=O) groups is 2. The van der Waals surface area contributed by atoms with Gasteiger partial charge in [-0.1, -0.05) is 24.3 Å². The van der Waals surface area contributed by atoms with Gasteiger partial charge in [-0.05, 0) is 79.8 Å². The summed E-state index contributed by atoms with van der Waals surface area (Å²) in [4.78, 5) is 35.2. The predicted octanol–water partition coefficient (Wildman–Crippen LogP) is 7.97. The molecule has 4 heterocycles. The summed E-state index contributed by atoms with van der Waals surface area (Å²) < 4.78 is 80.7. The van der Waals surface area contributed by atoms with Crippen LogP contribution >= 0.6 is 0 Å². The number of oxazole rings is 2. The number of carbonyl (C=O) groups excluding carboxylic acids is 2. The van der Waals surface area contributed by atoms with Crippen molar-refractivity contribution >= 4 is 34.0 Å². The second kappa shape index (κ2) is 14.8. The van der Waals surface area contributed by atoms with E-state index >= 15 is 0 Å². The molecule has 1 N–H and O–H groups in total. The molecule has 2 fully saturated rings. The van der Waals surface area contributed by atoms with Gasteiger partial charge in [-0.15, -0.1) is 0 Å². The van der Waals surface area contributed by atoms with Crippen LogP contribution in [0.3, 0.4) is 0 Å². The van der Waals surface area contributed by atoms with Gasteiger partial charge in [-0.25, -0.2) is 9.97 Å². The summed E-state index contributed by atoms with van der Waals surface area (Å²) in [7, 11) is 0. The number of aromatic nitrogens is 2. The number of nitrogens with zero attached hydrogens (tertiary/aromatic N) is 3. The van der Waals surface area contributed by atoms with Gasteiger partial charge in [0.15, 0.2) is 16.9 Å². The maximum Gasteiger partial charge on any atom is 0.387 e. The zero-order valence-electron chi connectivity index (χ0n) is 29.7. The Balaban J connectivity index is 1.10. The molecule has 0 radical (unpaired) electrons. The van der Waals surface area contributed by atoms with Crippen LogP contribution in [0.2, 0.25) is 0 Å². The molecular weight excluding hydrogens is 724 g/mol. The van der Waals surface area contributed by atoms with Crippen molar-refractivity contribution in [1.29, 1.82) is 0 Å². The van der Waals surface area contributed by atoms with Crippen molar-refractivity contribution in [3.63, 3.8) is 0 Å². The number of rotatable bonds is 12. The normalized spacial score (nSPS) is 16.1. The maximum absolute atomic E-state index is 13.4. The van der Waals surface area contributed by atoms with Crippen molar-refractivity contribution in [3.8, 4) is 45.5 Å². The van der Waals surface area contributed by atoms with Gasteiger partial charge in [0, 0.05) is 40.9 Å². The van der Waals surface area contributed by atoms with Crippen LogP contribution in [0.25, 0.3) is 56.2 Å². The molecule has 284 valence electrons. The summed E-state index contributed by atoms with van der Waals surface area (Å²) in [6.45, 7) is -1.18. The Labute approximate surface area is 311 Å². The number of esters is 1. The van der Waals surface area contributed by atoms with Crippen molar-refractivity contribution in [1.82, 2.24) is 20.2 Å². The Kier molecular flexibility index (Phi) is 9.73. The average Bonchev–Trinajstić information content (AvgIpc) is 3.90. The lowest BCUT2D eigenvalue weighted by Gasteiger charge is -2.29. The van der Waals surface area contributed by atoms with Crippen molar-refractivity contribution in [2.24, 2.45) is 0 Å². The first kappa shape index (κ1) is 36.2. The zero-order valence-corrected chi connectivity index (χ0v) is 29.7. The smallest absolute Gasteiger partial charge is 0.387 e. The lowest BCUT2D eigenvalue weighted by molar-refractivity contribution is -0.147. The highest BCUT2D eigenvalue weighted by atomic mass is 19.3. The third kappa shape index (κ3) is 7.36. The van der Waals surface area contributed by atoms with Crippen LogP contribution in [0.1, 0.15) is 35.1 Å². The van der Waals surface area contributed by atoms with Crippen LogP contribution in [0.15, 0.2) is 69.5 Å². The molecule has 2 aliphatic rings. The zero-order chi connectivity index (χ0) is 38.4. The standard InChI is InChI=1S/C40H34F4N4O7/c1-20-25(6-3-8-27(20)36-46-30-12-22(16-48-17-24(49)18-48)32(54-39(41)42)14-34(30)52-36)26-7-4-9-28(21(26)2)37-47-31-13-23(19-51-38(50)29-10-5-11-45-29)33(55-40(43)44)15-35(31)53-37/h3-4,6-9,12-15,29,39-40,45H,5,10-11,16-19H2,1-2H3/t29-/m0/s1. The van der Waals surface area contributed by atoms with E-state index < -0.39 is 25.2 Å². The molecule has 0 saturated carbocycles. The van der Waals surface area contributed by atoms with Gasteiger partial charge < -0.3 is 28.4 Å². The summed E-state index contributed by atoms with van der Waals surface area (Å²) in [5.74, 6) is -0.0974. The highest BCUT2D eigenvalue weighted by molar-refractivity contribution is 5.88. The van der Waals surface area contributed by atoms with E-state index in [2.05, 4.69) is 10.3 Å². The summed E-state index contributed by atoms with van der Waals surface area (Å²) in [5, 5.41) is 3.06. The number of ketones is 1. The maximum atomic E-state index is 13.4. The van der Waals surface area contributed by atoms with Gasteiger partial charge in [0.2, 0.25) is 11.8 Å². The second-order valence-corrected chi connectivity index (χ2v) is 13.5. The SMILES string of the molecule is Cc1c(-c2nc3cc(COC(=O)[C@@H]4CCCN4)c(OC(F)F)cc3o2)cccc1-c1cccc(-c2nc3cc(CN4CC(=O)C4)c(OC(F)F)cc3o2)c1C. The van der Waals surface area contributed by atoms with E-state index in [1.807, 2.05) is 55.1 Å². The molecule has 2 saturated heterocycles. The number of alkyl halides is 4. The fourth-order valence-corrected chi connectivity index (χ4v) is 7.13. The van der Waals surface area contributed by atoms with E-state index in [-0.39, 0.29) is 72.0 Å². The highest BCUT2D eigenvalue weighted by Gasteiger charge is 2.27. The van der Waals surface area contributed by atoms with E-state index in [1.165, 1.54) is 18.2 Å². The Morgan fingerprint density at radius 3 is 1.85 bits per heavy atom. The van der Waals surface area contributed by atoms with E-state index in [0.29, 0.717) is 40.7 Å². The number of fused-ring (bicyclic) bond motifs is 2. The molecule has 0 unspecified atom stereocenters. The number of hydrogen-bond donors (Lipinski definition) is 1. The average molecular weight is 759 g/mol. The summed E-state index contributed by atoms with van der Waals surface area (Å²) in [5.41, 5.74) is 6.66. The Hall–Kier alpha value is -5.80. The highest BCUT2D eigenvalue weighted by Crippen LogP contribution is 2.39. The van der Waals surface area contributed by atoms with E-state index in [9.17, 15) is 27.2 Å². The number of Topliss-reactive ketones (excluding diaryl/α,β-unsaturated/α-hetero) is 1. The Bertz CT molecular complexity index is 2430. The Morgan fingerprint density at radius 1 is 0.818 bits per heavy atom. The molecule has 55 heavy (non-hydrogen) atoms. The fraction of sp³-hybridized carbons (Fsp3) is 0.300. The lowest BCUT2D eigenvalue weighted by Crippen LogP contribution is -2.46. The van der Waals surface area contributed by atoms with Gasteiger partial charge in [-0.3, -0.25) is 14.5 Å². The molecule has 2 aliphatic heterocycles. The van der Waals surface area contributed by atoms with Crippen LogP contribution in [0.5, 0.6) is 11.5 Å². The molecule has 0 spiro atoms. The number of likely N-dealkylation sites (tertiary alicyclic amines) is 1. The first-order chi connectivity index (χ1) is 26.5. The first-order valence-corrected chi connectivity index (χ1v) is 17.6. The van der Waals surface area contributed by atoms with E-state index in [4.69, 9.17) is 28.0 Å². The van der Waals surface area contributed by atoms with Crippen molar-refractivity contribution in [3.05, 3.63) is 82.9 Å². The van der Waals surface area contributed by atoms with Crippen LogP contribution in [-0.2, 0) is 27.5 Å². The van der Waals surface area contributed by atoms with E-state index in [0.717, 1.165) is 28.7 Å². The number of halogens is 4. The molecule has 6 aromatic rings. The molecular formula is C40H34F4N4O7. The molecule has 11 nitrogen and oxygen atoms in total. The van der Waals surface area contributed by atoms with E-state index in [1.54, 1.807) is 6.07 Å². The minimum Gasteiger partial charge on any atom is -0.460 e. The lowest BCUT2D eigenvalue weighted by atomic mass is 9.91. The molecule has 4 aromatic carbocycles. The van der Waals surface area contributed by atoms with Gasteiger partial charge in [0.25, 0.3) is 0 Å². The van der Waals surface area contributed by atoms with Crippen LogP contribution in [-0.4, -0.2) is 65.5 Å². The van der Waals surface area contributed by atoms with Crippen molar-refractivity contribution in [2.75, 3.05) is 19.6 Å². The first-order valence-electron chi connectivity index (χ1n) is 17.6. The number of nitrogens with one attached hydrogen (secondary N) is 1. The minimum atomic E-state index is -3.11. The predicted molar refractivity (Wildman–Crippen MR) is 192 cm³/mol. The van der Waals surface area contributed by atoms with Gasteiger partial charge >= 0.3 is 19.2 Å². The number of hydrogen-bond acceptors (Lipinski definition) is 11. The third-order valence-corrected chi connectivity index (χ3v) is 9.90. The van der Waals surface area contributed by atoms with Gasteiger partial charge in [-0.2, -0.15) is 17.6 Å². The number of benzene rings is 4. The third-order valence-electron chi connectivity index (χ3n) is 9.90. The number of ether oxygens (including phenoxy) is 3.